The number of nitrogens with zero attached hydrogens (tertiary/aromatic N) is 2. The van der Waals surface area contributed by atoms with Crippen molar-refractivity contribution in [1.82, 2.24) is 9.97 Å². The smallest absolute Gasteiger partial charge is 0.293 e. The van der Waals surface area contributed by atoms with Crippen LogP contribution in [-0.2, 0) is 6.61 Å². The minimum atomic E-state index is -0.453. The zero-order valence-corrected chi connectivity index (χ0v) is 16.3. The van der Waals surface area contributed by atoms with E-state index in [1.54, 1.807) is 30.3 Å². The molecule has 1 amide bonds. The first-order valence-corrected chi connectivity index (χ1v) is 8.95. The summed E-state index contributed by atoms with van der Waals surface area (Å²) in [6.07, 6.45) is 1.50. The maximum atomic E-state index is 12.6. The summed E-state index contributed by atoms with van der Waals surface area (Å²) in [6, 6.07) is 10.4. The topological polar surface area (TPSA) is 75.1 Å². The average molecular weight is 402 g/mol. The number of carbonyl (C=O) groups excluding carboxylic acids is 1. The van der Waals surface area contributed by atoms with Crippen molar-refractivity contribution in [3.63, 3.8) is 0 Å². The summed E-state index contributed by atoms with van der Waals surface area (Å²) >= 11 is 12.3. The van der Waals surface area contributed by atoms with Crippen LogP contribution in [0.2, 0.25) is 10.0 Å². The zero-order chi connectivity index (χ0) is 19.6. The van der Waals surface area contributed by atoms with Gasteiger partial charge in [-0.2, -0.15) is 0 Å². The highest BCUT2D eigenvalue weighted by atomic mass is 35.5. The number of hydrogen-bond donors (Lipinski definition) is 2. The van der Waals surface area contributed by atoms with Crippen molar-refractivity contribution in [2.24, 2.45) is 0 Å². The number of halogens is 2. The van der Waals surface area contributed by atoms with E-state index < -0.39 is 5.91 Å². The molecule has 0 saturated heterocycles. The molecule has 5 nitrogen and oxygen atoms in total. The van der Waals surface area contributed by atoms with E-state index in [0.29, 0.717) is 27.0 Å². The minimum absolute atomic E-state index is 0.00839. The molecule has 0 fully saturated rings. The van der Waals surface area contributed by atoms with Crippen LogP contribution in [0.15, 0.2) is 42.6 Å². The summed E-state index contributed by atoms with van der Waals surface area (Å²) in [7, 11) is 0. The van der Waals surface area contributed by atoms with Gasteiger partial charge in [-0.3, -0.25) is 4.79 Å². The summed E-state index contributed by atoms with van der Waals surface area (Å²) in [6.45, 7) is 3.69. The molecule has 7 heteroatoms. The fourth-order valence-corrected chi connectivity index (χ4v) is 3.08. The Labute approximate surface area is 167 Å². The van der Waals surface area contributed by atoms with E-state index >= 15 is 0 Å². The second kappa shape index (κ2) is 8.05. The van der Waals surface area contributed by atoms with Crippen LogP contribution in [0.1, 0.15) is 27.3 Å². The molecule has 138 valence electrons. The van der Waals surface area contributed by atoms with Crippen molar-refractivity contribution in [3.8, 4) is 11.3 Å². The molecule has 0 aliphatic rings. The lowest BCUT2D eigenvalue weighted by Gasteiger charge is -2.12. The molecular formula is C20H17Cl2N3O2. The quantitative estimate of drug-likeness (QED) is 0.657. The molecule has 0 spiro atoms. The van der Waals surface area contributed by atoms with Gasteiger partial charge >= 0.3 is 0 Å². The van der Waals surface area contributed by atoms with Crippen molar-refractivity contribution in [3.05, 3.63) is 75.2 Å². The number of amides is 1. The average Bonchev–Trinajstić information content (AvgIpc) is 2.66. The molecule has 0 saturated carbocycles. The van der Waals surface area contributed by atoms with E-state index in [1.165, 1.54) is 6.20 Å². The number of aliphatic hydroxyl groups is 1. The Kier molecular flexibility index (Phi) is 5.75. The Morgan fingerprint density at radius 2 is 1.89 bits per heavy atom. The lowest BCUT2D eigenvalue weighted by atomic mass is 10.0. The summed E-state index contributed by atoms with van der Waals surface area (Å²) < 4.78 is 0. The molecule has 3 aromatic rings. The van der Waals surface area contributed by atoms with Crippen LogP contribution in [0.3, 0.4) is 0 Å². The standard InChI is InChI=1S/C20H17Cl2N3O2/c1-11-7-12(2)18(8-13(11)10-26)25-20(27)19-23-6-5-17(24-19)15-9-14(21)3-4-16(15)22/h3-9,26H,10H2,1-2H3,(H,25,27). The molecule has 0 bridgehead atoms. The maximum absolute atomic E-state index is 12.6. The largest absolute Gasteiger partial charge is 0.392 e. The first-order chi connectivity index (χ1) is 12.9. The SMILES string of the molecule is Cc1cc(C)c(NC(=O)c2nccc(-c3cc(Cl)ccc3Cl)n2)cc1CO. The van der Waals surface area contributed by atoms with Crippen molar-refractivity contribution >= 4 is 34.8 Å². The van der Waals surface area contributed by atoms with E-state index in [0.717, 1.165) is 16.7 Å². The fourth-order valence-electron chi connectivity index (χ4n) is 2.69. The van der Waals surface area contributed by atoms with Crippen LogP contribution < -0.4 is 5.32 Å². The highest BCUT2D eigenvalue weighted by molar-refractivity contribution is 6.35. The molecule has 0 atom stereocenters. The Balaban J connectivity index is 1.92. The number of hydrogen-bond acceptors (Lipinski definition) is 4. The highest BCUT2D eigenvalue weighted by Crippen LogP contribution is 2.29. The van der Waals surface area contributed by atoms with Crippen LogP contribution in [0.25, 0.3) is 11.3 Å². The molecule has 0 aliphatic carbocycles. The number of aliphatic hydroxyl groups excluding tert-OH is 1. The third-order valence-corrected chi connectivity index (χ3v) is 4.73. The third-order valence-electron chi connectivity index (χ3n) is 4.16. The number of rotatable bonds is 4. The first kappa shape index (κ1) is 19.3. The minimum Gasteiger partial charge on any atom is -0.392 e. The Bertz CT molecular complexity index is 1020. The molecule has 1 aromatic heterocycles. The van der Waals surface area contributed by atoms with Crippen LogP contribution in [0.5, 0.6) is 0 Å². The van der Waals surface area contributed by atoms with Crippen LogP contribution in [-0.4, -0.2) is 21.0 Å². The Hall–Kier alpha value is -2.47. The van der Waals surface area contributed by atoms with Gasteiger partial charge in [-0.25, -0.2) is 9.97 Å². The third kappa shape index (κ3) is 4.27. The second-order valence-electron chi connectivity index (χ2n) is 6.10. The summed E-state index contributed by atoms with van der Waals surface area (Å²) in [5.74, 6) is -0.445. The van der Waals surface area contributed by atoms with Crippen molar-refractivity contribution in [2.45, 2.75) is 20.5 Å². The van der Waals surface area contributed by atoms with Crippen LogP contribution >= 0.6 is 23.2 Å². The molecule has 27 heavy (non-hydrogen) atoms. The number of anilines is 1. The van der Waals surface area contributed by atoms with Gasteiger partial charge in [0.05, 0.1) is 17.3 Å². The molecular weight excluding hydrogens is 385 g/mol. The number of nitrogens with one attached hydrogen (secondary N) is 1. The number of benzene rings is 2. The number of aryl methyl sites for hydroxylation is 2. The summed E-state index contributed by atoms with van der Waals surface area (Å²) in [5.41, 5.74) is 4.31. The van der Waals surface area contributed by atoms with Gasteiger partial charge in [-0.1, -0.05) is 29.3 Å². The van der Waals surface area contributed by atoms with Crippen molar-refractivity contribution in [1.29, 1.82) is 0 Å². The lowest BCUT2D eigenvalue weighted by Crippen LogP contribution is -2.17. The van der Waals surface area contributed by atoms with Gasteiger partial charge in [-0.15, -0.1) is 0 Å². The van der Waals surface area contributed by atoms with Gasteiger partial charge in [0.15, 0.2) is 0 Å². The van der Waals surface area contributed by atoms with Gasteiger partial charge < -0.3 is 10.4 Å². The normalized spacial score (nSPS) is 10.7. The zero-order valence-electron chi connectivity index (χ0n) is 14.8. The van der Waals surface area contributed by atoms with Crippen LogP contribution in [0.4, 0.5) is 5.69 Å². The molecule has 0 radical (unpaired) electrons. The van der Waals surface area contributed by atoms with E-state index in [4.69, 9.17) is 23.2 Å². The monoisotopic (exact) mass is 401 g/mol. The maximum Gasteiger partial charge on any atom is 0.293 e. The Morgan fingerprint density at radius 3 is 2.63 bits per heavy atom. The first-order valence-electron chi connectivity index (χ1n) is 8.20. The van der Waals surface area contributed by atoms with Gasteiger partial charge in [-0.05, 0) is 60.9 Å². The number of carbonyl (C=O) groups is 1. The van der Waals surface area contributed by atoms with Crippen molar-refractivity contribution < 1.29 is 9.90 Å². The lowest BCUT2D eigenvalue weighted by molar-refractivity contribution is 0.101. The van der Waals surface area contributed by atoms with Gasteiger partial charge in [0.1, 0.15) is 0 Å². The van der Waals surface area contributed by atoms with Crippen LogP contribution in [0, 0.1) is 13.8 Å². The predicted molar refractivity (Wildman–Crippen MR) is 107 cm³/mol. The molecule has 2 N–H and O–H groups in total. The summed E-state index contributed by atoms with van der Waals surface area (Å²) in [4.78, 5) is 21.0. The molecule has 3 rings (SSSR count). The number of aromatic nitrogens is 2. The van der Waals surface area contributed by atoms with Gasteiger partial charge in [0.2, 0.25) is 5.82 Å². The van der Waals surface area contributed by atoms with E-state index in [9.17, 15) is 9.90 Å². The molecule has 0 aliphatic heterocycles. The van der Waals surface area contributed by atoms with E-state index in [2.05, 4.69) is 15.3 Å². The van der Waals surface area contributed by atoms with Gasteiger partial charge in [0, 0.05) is 22.5 Å². The molecule has 0 unspecified atom stereocenters. The van der Waals surface area contributed by atoms with E-state index in [1.807, 2.05) is 19.9 Å². The second-order valence-corrected chi connectivity index (χ2v) is 6.94. The van der Waals surface area contributed by atoms with E-state index in [-0.39, 0.29) is 12.4 Å². The molecule has 1 heterocycles. The van der Waals surface area contributed by atoms with Gasteiger partial charge in [0.25, 0.3) is 5.91 Å². The molecule has 2 aromatic carbocycles. The predicted octanol–water partition coefficient (Wildman–Crippen LogP) is 4.81. The Morgan fingerprint density at radius 1 is 1.11 bits per heavy atom. The fraction of sp³-hybridized carbons (Fsp3) is 0.150. The summed E-state index contributed by atoms with van der Waals surface area (Å²) in [5, 5.41) is 13.2. The highest BCUT2D eigenvalue weighted by Gasteiger charge is 2.15. The van der Waals surface area contributed by atoms with Crippen molar-refractivity contribution in [2.75, 3.05) is 5.32 Å².